The van der Waals surface area contributed by atoms with Gasteiger partial charge in [-0.05, 0) is 32.5 Å². The topological polar surface area (TPSA) is 42.3 Å². The molecule has 24 heavy (non-hydrogen) atoms. The van der Waals surface area contributed by atoms with E-state index in [4.69, 9.17) is 9.84 Å². The van der Waals surface area contributed by atoms with Crippen LogP contribution in [-0.2, 0) is 11.3 Å². The highest BCUT2D eigenvalue weighted by atomic mass is 16.5. The van der Waals surface area contributed by atoms with Gasteiger partial charge in [-0.25, -0.2) is 4.68 Å². The van der Waals surface area contributed by atoms with Crippen molar-refractivity contribution in [2.45, 2.75) is 33.4 Å². The van der Waals surface area contributed by atoms with Crippen LogP contribution in [0.2, 0.25) is 0 Å². The van der Waals surface area contributed by atoms with Crippen molar-refractivity contribution in [3.63, 3.8) is 0 Å². The van der Waals surface area contributed by atoms with Crippen molar-refractivity contribution in [1.82, 2.24) is 20.0 Å². The molecule has 2 aromatic rings. The quantitative estimate of drug-likeness (QED) is 0.883. The first-order chi connectivity index (χ1) is 11.7. The summed E-state index contributed by atoms with van der Waals surface area (Å²) >= 11 is 0. The van der Waals surface area contributed by atoms with Crippen molar-refractivity contribution in [2.75, 3.05) is 32.8 Å². The van der Waals surface area contributed by atoms with E-state index in [1.54, 1.807) is 0 Å². The van der Waals surface area contributed by atoms with E-state index in [2.05, 4.69) is 43.1 Å². The van der Waals surface area contributed by atoms with E-state index in [-0.39, 0.29) is 6.10 Å². The number of para-hydroxylation sites is 1. The summed E-state index contributed by atoms with van der Waals surface area (Å²) in [5.74, 6) is 0. The minimum Gasteiger partial charge on any atom is -0.374 e. The molecule has 1 aliphatic heterocycles. The number of benzene rings is 1. The lowest BCUT2D eigenvalue weighted by Gasteiger charge is -2.32. The SMILES string of the molecule is CCN1CCO[C@@H](CNCc2c(C)nn(-c3ccccc3)c2C)C1. The summed E-state index contributed by atoms with van der Waals surface area (Å²) < 4.78 is 7.89. The van der Waals surface area contributed by atoms with Crippen LogP contribution in [0.3, 0.4) is 0 Å². The van der Waals surface area contributed by atoms with Crippen LogP contribution in [0.25, 0.3) is 5.69 Å². The lowest BCUT2D eigenvalue weighted by molar-refractivity contribution is -0.0253. The molecule has 1 saturated heterocycles. The lowest BCUT2D eigenvalue weighted by atomic mass is 10.2. The van der Waals surface area contributed by atoms with Crippen LogP contribution >= 0.6 is 0 Å². The molecule has 0 spiro atoms. The van der Waals surface area contributed by atoms with Crippen molar-refractivity contribution in [2.24, 2.45) is 0 Å². The van der Waals surface area contributed by atoms with Gasteiger partial charge in [0.05, 0.1) is 24.1 Å². The largest absolute Gasteiger partial charge is 0.374 e. The Labute approximate surface area is 144 Å². The molecule has 5 nitrogen and oxygen atoms in total. The summed E-state index contributed by atoms with van der Waals surface area (Å²) in [5, 5.41) is 8.27. The van der Waals surface area contributed by atoms with Gasteiger partial charge in [0, 0.05) is 37.4 Å². The fraction of sp³-hybridized carbons (Fsp3) is 0.526. The molecule has 1 aromatic heterocycles. The minimum atomic E-state index is 0.281. The molecule has 0 unspecified atom stereocenters. The van der Waals surface area contributed by atoms with Crippen LogP contribution in [0.1, 0.15) is 23.9 Å². The van der Waals surface area contributed by atoms with Crippen LogP contribution < -0.4 is 5.32 Å². The molecule has 1 atom stereocenters. The number of hydrogen-bond acceptors (Lipinski definition) is 4. The third-order valence-electron chi connectivity index (χ3n) is 4.79. The summed E-state index contributed by atoms with van der Waals surface area (Å²) in [6.07, 6.45) is 0.281. The predicted octanol–water partition coefficient (Wildman–Crippen LogP) is 2.30. The second-order valence-electron chi connectivity index (χ2n) is 6.41. The number of likely N-dealkylation sites (N-methyl/N-ethyl adjacent to an activating group) is 1. The average Bonchev–Trinajstić information content (AvgIpc) is 2.91. The Kier molecular flexibility index (Phi) is 5.66. The maximum atomic E-state index is 5.86. The molecule has 0 aliphatic carbocycles. The van der Waals surface area contributed by atoms with E-state index in [0.717, 1.165) is 50.7 Å². The molecule has 130 valence electrons. The fourth-order valence-electron chi connectivity index (χ4n) is 3.30. The van der Waals surface area contributed by atoms with Crippen molar-refractivity contribution >= 4 is 0 Å². The minimum absolute atomic E-state index is 0.281. The molecule has 0 saturated carbocycles. The number of rotatable bonds is 6. The normalized spacial score (nSPS) is 18.9. The Morgan fingerprint density at radius 1 is 1.25 bits per heavy atom. The monoisotopic (exact) mass is 328 g/mol. The molecule has 1 aliphatic rings. The van der Waals surface area contributed by atoms with Gasteiger partial charge in [-0.3, -0.25) is 4.90 Å². The number of nitrogens with one attached hydrogen (secondary N) is 1. The molecule has 3 rings (SSSR count). The van der Waals surface area contributed by atoms with Crippen LogP contribution in [-0.4, -0.2) is 53.6 Å². The Balaban J connectivity index is 1.61. The average molecular weight is 328 g/mol. The summed E-state index contributed by atoms with van der Waals surface area (Å²) in [4.78, 5) is 2.44. The Bertz CT molecular complexity index is 653. The molecule has 1 N–H and O–H groups in total. The predicted molar refractivity (Wildman–Crippen MR) is 96.6 cm³/mol. The van der Waals surface area contributed by atoms with Gasteiger partial charge in [0.25, 0.3) is 0 Å². The van der Waals surface area contributed by atoms with E-state index in [0.29, 0.717) is 0 Å². The molecule has 0 amide bonds. The maximum Gasteiger partial charge on any atom is 0.0826 e. The second-order valence-corrected chi connectivity index (χ2v) is 6.41. The molecule has 5 heteroatoms. The molecule has 1 fully saturated rings. The van der Waals surface area contributed by atoms with Gasteiger partial charge in [0.2, 0.25) is 0 Å². The number of aryl methyl sites for hydroxylation is 1. The van der Waals surface area contributed by atoms with E-state index in [1.807, 2.05) is 22.9 Å². The molecule has 0 bridgehead atoms. The van der Waals surface area contributed by atoms with Crippen LogP contribution in [0, 0.1) is 13.8 Å². The van der Waals surface area contributed by atoms with E-state index in [1.165, 1.54) is 11.3 Å². The van der Waals surface area contributed by atoms with Crippen LogP contribution in [0.5, 0.6) is 0 Å². The zero-order valence-electron chi connectivity index (χ0n) is 15.0. The summed E-state index contributed by atoms with van der Waals surface area (Å²) in [6.45, 7) is 12.1. The third-order valence-corrected chi connectivity index (χ3v) is 4.79. The highest BCUT2D eigenvalue weighted by molar-refractivity contribution is 5.36. The van der Waals surface area contributed by atoms with E-state index in [9.17, 15) is 0 Å². The van der Waals surface area contributed by atoms with Crippen LogP contribution in [0.4, 0.5) is 0 Å². The molecule has 0 radical (unpaired) electrons. The lowest BCUT2D eigenvalue weighted by Crippen LogP contribution is -2.46. The van der Waals surface area contributed by atoms with Gasteiger partial charge >= 0.3 is 0 Å². The molecule has 2 heterocycles. The van der Waals surface area contributed by atoms with Gasteiger partial charge in [-0.1, -0.05) is 25.1 Å². The van der Waals surface area contributed by atoms with Gasteiger partial charge in [0.15, 0.2) is 0 Å². The van der Waals surface area contributed by atoms with E-state index >= 15 is 0 Å². The van der Waals surface area contributed by atoms with Crippen LogP contribution in [0.15, 0.2) is 30.3 Å². The van der Waals surface area contributed by atoms with Gasteiger partial charge in [0.1, 0.15) is 0 Å². The highest BCUT2D eigenvalue weighted by Gasteiger charge is 2.19. The van der Waals surface area contributed by atoms with Gasteiger partial charge < -0.3 is 10.1 Å². The van der Waals surface area contributed by atoms with Crippen molar-refractivity contribution in [1.29, 1.82) is 0 Å². The zero-order chi connectivity index (χ0) is 16.9. The summed E-state index contributed by atoms with van der Waals surface area (Å²) in [7, 11) is 0. The van der Waals surface area contributed by atoms with Crippen molar-refractivity contribution in [3.8, 4) is 5.69 Å². The Morgan fingerprint density at radius 2 is 2.04 bits per heavy atom. The first-order valence-electron chi connectivity index (χ1n) is 8.84. The summed E-state index contributed by atoms with van der Waals surface area (Å²) in [5.41, 5.74) is 4.68. The Hall–Kier alpha value is -1.69. The number of morpholine rings is 1. The first-order valence-corrected chi connectivity index (χ1v) is 8.84. The van der Waals surface area contributed by atoms with Gasteiger partial charge in [-0.15, -0.1) is 0 Å². The highest BCUT2D eigenvalue weighted by Crippen LogP contribution is 2.17. The number of aromatic nitrogens is 2. The molecular formula is C19H28N4O. The van der Waals surface area contributed by atoms with Crippen molar-refractivity contribution < 1.29 is 4.74 Å². The van der Waals surface area contributed by atoms with E-state index < -0.39 is 0 Å². The third kappa shape index (κ3) is 3.86. The number of nitrogens with zero attached hydrogens (tertiary/aromatic N) is 3. The molecule has 1 aromatic carbocycles. The van der Waals surface area contributed by atoms with Gasteiger partial charge in [-0.2, -0.15) is 5.10 Å². The fourth-order valence-corrected chi connectivity index (χ4v) is 3.30. The smallest absolute Gasteiger partial charge is 0.0826 e. The first kappa shape index (κ1) is 17.1. The Morgan fingerprint density at radius 3 is 2.79 bits per heavy atom. The molecular weight excluding hydrogens is 300 g/mol. The summed E-state index contributed by atoms with van der Waals surface area (Å²) in [6, 6.07) is 10.3. The maximum absolute atomic E-state index is 5.86. The second kappa shape index (κ2) is 7.92. The zero-order valence-corrected chi connectivity index (χ0v) is 15.0. The number of ether oxygens (including phenoxy) is 1. The van der Waals surface area contributed by atoms with Crippen molar-refractivity contribution in [3.05, 3.63) is 47.3 Å². The number of hydrogen-bond donors (Lipinski definition) is 1. The standard InChI is InChI=1S/C19H28N4O/c1-4-22-10-11-24-18(14-22)12-20-13-19-15(2)21-23(16(19)3)17-8-6-5-7-9-17/h5-9,18,20H,4,10-14H2,1-3H3/t18-/m0/s1.